The van der Waals surface area contributed by atoms with E-state index >= 15 is 0 Å². The van der Waals surface area contributed by atoms with Crippen LogP contribution in [0.5, 0.6) is 0 Å². The Morgan fingerprint density at radius 3 is 2.05 bits per heavy atom. The molecule has 1 unspecified atom stereocenters. The van der Waals surface area contributed by atoms with Crippen LogP contribution in [-0.4, -0.2) is 17.4 Å². The molecular formula is C16H32N2O. The van der Waals surface area contributed by atoms with Gasteiger partial charge >= 0.3 is 0 Å². The van der Waals surface area contributed by atoms with Crippen LogP contribution in [0.25, 0.3) is 0 Å². The van der Waals surface area contributed by atoms with Gasteiger partial charge in [-0.2, -0.15) is 0 Å². The zero-order chi connectivity index (χ0) is 13.4. The molecule has 3 N–H and O–H groups in total. The fraction of sp³-hybridized carbons (Fsp3) is 1.00. The molecule has 112 valence electrons. The first-order valence-corrected chi connectivity index (χ1v) is 8.54. The Labute approximate surface area is 118 Å². The van der Waals surface area contributed by atoms with E-state index < -0.39 is 5.72 Å². The van der Waals surface area contributed by atoms with Crippen molar-refractivity contribution in [3.05, 3.63) is 0 Å². The van der Waals surface area contributed by atoms with Crippen molar-refractivity contribution < 1.29 is 5.11 Å². The fourth-order valence-corrected chi connectivity index (χ4v) is 3.66. The van der Waals surface area contributed by atoms with Gasteiger partial charge in [-0.3, -0.25) is 5.43 Å². The number of hydrogen-bond acceptors (Lipinski definition) is 3. The van der Waals surface area contributed by atoms with Crippen LogP contribution in [-0.2, 0) is 0 Å². The molecule has 1 atom stereocenters. The van der Waals surface area contributed by atoms with Crippen molar-refractivity contribution in [1.82, 2.24) is 10.9 Å². The molecule has 2 aliphatic rings. The van der Waals surface area contributed by atoms with Gasteiger partial charge in [-0.05, 0) is 32.1 Å². The Morgan fingerprint density at radius 2 is 1.32 bits per heavy atom. The second kappa shape index (κ2) is 8.23. The molecule has 1 heterocycles. The third-order valence-electron chi connectivity index (χ3n) is 4.95. The molecule has 0 amide bonds. The molecule has 2 rings (SSSR count). The maximum atomic E-state index is 11.1. The molecule has 1 aliphatic heterocycles. The Balaban J connectivity index is 1.95. The maximum Gasteiger partial charge on any atom is 0.131 e. The van der Waals surface area contributed by atoms with Gasteiger partial charge in [-0.25, -0.2) is 5.43 Å². The van der Waals surface area contributed by atoms with Gasteiger partial charge in [0.05, 0.1) is 0 Å². The molecular weight excluding hydrogens is 236 g/mol. The van der Waals surface area contributed by atoms with Gasteiger partial charge in [0.15, 0.2) is 0 Å². The average molecular weight is 268 g/mol. The minimum absolute atomic E-state index is 0.427. The Hall–Kier alpha value is -0.120. The number of nitrogens with one attached hydrogen (secondary N) is 2. The molecule has 0 aromatic carbocycles. The largest absolute Gasteiger partial charge is 0.374 e. The molecule has 1 saturated heterocycles. The van der Waals surface area contributed by atoms with E-state index in [1.165, 1.54) is 70.6 Å². The first-order chi connectivity index (χ1) is 9.31. The van der Waals surface area contributed by atoms with E-state index in [1.807, 2.05) is 0 Å². The SMILES string of the molecule is OC1(C2CCCCCCCC2)CCCCCCNN1. The second-order valence-electron chi connectivity index (χ2n) is 6.54. The molecule has 0 aromatic rings. The van der Waals surface area contributed by atoms with Crippen LogP contribution in [0, 0.1) is 5.92 Å². The van der Waals surface area contributed by atoms with Crippen molar-refractivity contribution in [2.24, 2.45) is 5.92 Å². The van der Waals surface area contributed by atoms with E-state index in [0.717, 1.165) is 19.4 Å². The summed E-state index contributed by atoms with van der Waals surface area (Å²) < 4.78 is 0. The topological polar surface area (TPSA) is 44.3 Å². The van der Waals surface area contributed by atoms with Crippen LogP contribution in [0.1, 0.15) is 83.5 Å². The van der Waals surface area contributed by atoms with E-state index in [1.54, 1.807) is 0 Å². The van der Waals surface area contributed by atoms with E-state index in [2.05, 4.69) is 10.9 Å². The van der Waals surface area contributed by atoms with E-state index in [4.69, 9.17) is 0 Å². The highest BCUT2D eigenvalue weighted by Gasteiger charge is 2.35. The summed E-state index contributed by atoms with van der Waals surface area (Å²) >= 11 is 0. The Morgan fingerprint density at radius 1 is 0.737 bits per heavy atom. The molecule has 1 saturated carbocycles. The first kappa shape index (κ1) is 15.3. The molecule has 19 heavy (non-hydrogen) atoms. The fourth-order valence-electron chi connectivity index (χ4n) is 3.66. The number of hydrogen-bond donors (Lipinski definition) is 3. The molecule has 1 aliphatic carbocycles. The Bertz CT molecular complexity index is 225. The highest BCUT2D eigenvalue weighted by molar-refractivity contribution is 4.84. The minimum atomic E-state index is -0.672. The summed E-state index contributed by atoms with van der Waals surface area (Å²) in [4.78, 5) is 0. The van der Waals surface area contributed by atoms with Gasteiger partial charge in [0.2, 0.25) is 0 Å². The lowest BCUT2D eigenvalue weighted by Crippen LogP contribution is -2.57. The number of rotatable bonds is 1. The highest BCUT2D eigenvalue weighted by Crippen LogP contribution is 2.32. The molecule has 0 bridgehead atoms. The van der Waals surface area contributed by atoms with Crippen molar-refractivity contribution in [3.63, 3.8) is 0 Å². The monoisotopic (exact) mass is 268 g/mol. The predicted octanol–water partition coefficient (Wildman–Crippen LogP) is 3.48. The Kier molecular flexibility index (Phi) is 6.62. The van der Waals surface area contributed by atoms with E-state index in [0.29, 0.717) is 5.92 Å². The zero-order valence-electron chi connectivity index (χ0n) is 12.4. The summed E-state index contributed by atoms with van der Waals surface area (Å²) in [6.45, 7) is 0.981. The van der Waals surface area contributed by atoms with Gasteiger partial charge in [-0.15, -0.1) is 0 Å². The van der Waals surface area contributed by atoms with Gasteiger partial charge in [0.1, 0.15) is 5.72 Å². The van der Waals surface area contributed by atoms with Crippen LogP contribution in [0.4, 0.5) is 0 Å². The van der Waals surface area contributed by atoms with Gasteiger partial charge in [0.25, 0.3) is 0 Å². The average Bonchev–Trinajstić information content (AvgIpc) is 2.61. The summed E-state index contributed by atoms with van der Waals surface area (Å²) in [7, 11) is 0. The van der Waals surface area contributed by atoms with Crippen molar-refractivity contribution in [1.29, 1.82) is 0 Å². The summed E-state index contributed by atoms with van der Waals surface area (Å²) in [5.41, 5.74) is 5.88. The summed E-state index contributed by atoms with van der Waals surface area (Å²) in [5.74, 6) is 0.427. The molecule has 0 spiro atoms. The van der Waals surface area contributed by atoms with Gasteiger partial charge < -0.3 is 5.11 Å². The molecule has 3 heteroatoms. The summed E-state index contributed by atoms with van der Waals surface area (Å²) in [5, 5.41) is 11.1. The highest BCUT2D eigenvalue weighted by atomic mass is 16.3. The third kappa shape index (κ3) is 5.05. The van der Waals surface area contributed by atoms with Crippen molar-refractivity contribution in [2.45, 2.75) is 89.2 Å². The van der Waals surface area contributed by atoms with Crippen LogP contribution >= 0.6 is 0 Å². The molecule has 3 nitrogen and oxygen atoms in total. The molecule has 0 radical (unpaired) electrons. The standard InChI is InChI=1S/C16H32N2O/c19-16(13-9-5-6-10-14-17-18-16)15-11-7-3-1-2-4-8-12-15/h15,17-19H,1-14H2. The molecule has 2 fully saturated rings. The van der Waals surface area contributed by atoms with Crippen LogP contribution in [0.2, 0.25) is 0 Å². The van der Waals surface area contributed by atoms with Crippen molar-refractivity contribution in [3.8, 4) is 0 Å². The van der Waals surface area contributed by atoms with E-state index in [-0.39, 0.29) is 0 Å². The first-order valence-electron chi connectivity index (χ1n) is 8.54. The number of hydrazine groups is 1. The lowest BCUT2D eigenvalue weighted by molar-refractivity contribution is -0.0754. The second-order valence-corrected chi connectivity index (χ2v) is 6.54. The lowest BCUT2D eigenvalue weighted by atomic mass is 9.83. The predicted molar refractivity (Wildman–Crippen MR) is 79.6 cm³/mol. The zero-order valence-corrected chi connectivity index (χ0v) is 12.4. The van der Waals surface area contributed by atoms with Crippen LogP contribution < -0.4 is 10.9 Å². The van der Waals surface area contributed by atoms with Crippen LogP contribution in [0.15, 0.2) is 0 Å². The minimum Gasteiger partial charge on any atom is -0.374 e. The lowest BCUT2D eigenvalue weighted by Gasteiger charge is -2.37. The van der Waals surface area contributed by atoms with Crippen LogP contribution in [0.3, 0.4) is 0 Å². The number of aliphatic hydroxyl groups is 1. The van der Waals surface area contributed by atoms with E-state index in [9.17, 15) is 5.11 Å². The normalized spacial score (nSPS) is 33.3. The smallest absolute Gasteiger partial charge is 0.131 e. The van der Waals surface area contributed by atoms with Gasteiger partial charge in [-0.1, -0.05) is 51.4 Å². The summed E-state index contributed by atoms with van der Waals surface area (Å²) in [6.07, 6.45) is 16.2. The maximum absolute atomic E-state index is 11.1. The van der Waals surface area contributed by atoms with Gasteiger partial charge in [0, 0.05) is 12.5 Å². The quantitative estimate of drug-likeness (QED) is 0.682. The third-order valence-corrected chi connectivity index (χ3v) is 4.95. The van der Waals surface area contributed by atoms with Crippen molar-refractivity contribution in [2.75, 3.05) is 6.54 Å². The molecule has 0 aromatic heterocycles. The summed E-state index contributed by atoms with van der Waals surface area (Å²) in [6, 6.07) is 0. The van der Waals surface area contributed by atoms with Crippen molar-refractivity contribution >= 4 is 0 Å².